The Morgan fingerprint density at radius 2 is 2.27 bits per heavy atom. The SMILES string of the molecule is CN(N)SOc1ccc(F)c(C#N)c1.S. The van der Waals surface area contributed by atoms with Gasteiger partial charge in [0.25, 0.3) is 0 Å². The maximum Gasteiger partial charge on any atom is 0.161 e. The van der Waals surface area contributed by atoms with Gasteiger partial charge in [0.2, 0.25) is 0 Å². The van der Waals surface area contributed by atoms with Crippen LogP contribution in [-0.4, -0.2) is 11.5 Å². The zero-order valence-corrected chi connectivity index (χ0v) is 9.71. The highest BCUT2D eigenvalue weighted by Gasteiger charge is 2.04. The molecule has 15 heavy (non-hydrogen) atoms. The first-order valence-corrected chi connectivity index (χ1v) is 4.36. The summed E-state index contributed by atoms with van der Waals surface area (Å²) in [7, 11) is 1.60. The maximum absolute atomic E-state index is 12.8. The molecule has 82 valence electrons. The van der Waals surface area contributed by atoms with E-state index in [2.05, 4.69) is 0 Å². The second-order valence-corrected chi connectivity index (χ2v) is 3.35. The summed E-state index contributed by atoms with van der Waals surface area (Å²) in [5.41, 5.74) is -0.0530. The summed E-state index contributed by atoms with van der Waals surface area (Å²) in [6.07, 6.45) is 0. The Morgan fingerprint density at radius 1 is 1.60 bits per heavy atom. The van der Waals surface area contributed by atoms with Crippen molar-refractivity contribution < 1.29 is 8.57 Å². The molecule has 1 rings (SSSR count). The third-order valence-corrected chi connectivity index (χ3v) is 1.81. The fourth-order valence-corrected chi connectivity index (χ4v) is 1.05. The predicted molar refractivity (Wildman–Crippen MR) is 61.7 cm³/mol. The van der Waals surface area contributed by atoms with Crippen LogP contribution in [0.2, 0.25) is 0 Å². The molecule has 1 aromatic carbocycles. The van der Waals surface area contributed by atoms with E-state index < -0.39 is 5.82 Å². The van der Waals surface area contributed by atoms with Crippen molar-refractivity contribution in [1.29, 1.82) is 5.26 Å². The Labute approximate surface area is 98.6 Å². The van der Waals surface area contributed by atoms with Crippen molar-refractivity contribution in [3.8, 4) is 11.8 Å². The second kappa shape index (κ2) is 6.53. The number of nitrogens with two attached hydrogens (primary N) is 1. The molecule has 0 spiro atoms. The minimum Gasteiger partial charge on any atom is -0.409 e. The Bertz CT molecular complexity index is 367. The molecule has 0 aliphatic carbocycles. The number of hydrogen-bond donors (Lipinski definition) is 1. The highest BCUT2D eigenvalue weighted by atomic mass is 32.2. The lowest BCUT2D eigenvalue weighted by atomic mass is 10.2. The summed E-state index contributed by atoms with van der Waals surface area (Å²) < 4.78 is 19.2. The molecular formula is C8H10FN3OS2. The Morgan fingerprint density at radius 3 is 2.80 bits per heavy atom. The summed E-state index contributed by atoms with van der Waals surface area (Å²) in [5, 5.41) is 8.53. The van der Waals surface area contributed by atoms with Gasteiger partial charge in [0.1, 0.15) is 17.6 Å². The van der Waals surface area contributed by atoms with Gasteiger partial charge in [-0.25, -0.2) is 4.39 Å². The molecule has 4 nitrogen and oxygen atoms in total. The van der Waals surface area contributed by atoms with Crippen molar-refractivity contribution in [3.05, 3.63) is 29.6 Å². The molecule has 0 fully saturated rings. The van der Waals surface area contributed by atoms with Gasteiger partial charge in [-0.2, -0.15) is 23.2 Å². The molecule has 0 aliphatic heterocycles. The summed E-state index contributed by atoms with van der Waals surface area (Å²) in [6, 6.07) is 5.62. The Balaban J connectivity index is 0.00000196. The van der Waals surface area contributed by atoms with E-state index in [1.807, 2.05) is 0 Å². The molecule has 2 N–H and O–H groups in total. The van der Waals surface area contributed by atoms with E-state index >= 15 is 0 Å². The number of hydrazine groups is 1. The van der Waals surface area contributed by atoms with Crippen LogP contribution >= 0.6 is 25.7 Å². The van der Waals surface area contributed by atoms with E-state index in [-0.39, 0.29) is 19.1 Å². The van der Waals surface area contributed by atoms with Crippen molar-refractivity contribution in [2.24, 2.45) is 5.84 Å². The van der Waals surface area contributed by atoms with E-state index in [0.717, 1.165) is 12.2 Å². The number of benzene rings is 1. The summed E-state index contributed by atoms with van der Waals surface area (Å²) in [4.78, 5) is 0. The molecule has 0 unspecified atom stereocenters. The van der Waals surface area contributed by atoms with Crippen LogP contribution in [0.15, 0.2) is 18.2 Å². The topological polar surface area (TPSA) is 62.3 Å². The van der Waals surface area contributed by atoms with Crippen LogP contribution in [0, 0.1) is 17.1 Å². The van der Waals surface area contributed by atoms with Crippen molar-refractivity contribution in [2.45, 2.75) is 0 Å². The molecule has 0 saturated carbocycles. The molecule has 0 heterocycles. The fraction of sp³-hybridized carbons (Fsp3) is 0.125. The van der Waals surface area contributed by atoms with E-state index in [1.165, 1.54) is 22.6 Å². The Hall–Kier alpha value is -0.940. The second-order valence-electron chi connectivity index (χ2n) is 2.46. The van der Waals surface area contributed by atoms with E-state index in [0.29, 0.717) is 5.75 Å². The van der Waals surface area contributed by atoms with E-state index in [4.69, 9.17) is 15.3 Å². The van der Waals surface area contributed by atoms with Gasteiger partial charge >= 0.3 is 0 Å². The third kappa shape index (κ3) is 4.40. The average molecular weight is 247 g/mol. The first-order chi connectivity index (χ1) is 6.63. The number of nitriles is 1. The van der Waals surface area contributed by atoms with Gasteiger partial charge in [-0.15, -0.1) is 0 Å². The summed E-state index contributed by atoms with van der Waals surface area (Å²) in [6.45, 7) is 0. The lowest BCUT2D eigenvalue weighted by Gasteiger charge is -2.08. The highest BCUT2D eigenvalue weighted by Crippen LogP contribution is 2.20. The lowest BCUT2D eigenvalue weighted by Crippen LogP contribution is -2.18. The van der Waals surface area contributed by atoms with Crippen LogP contribution in [0.1, 0.15) is 5.56 Å². The molecule has 1 aromatic rings. The Kier molecular flexibility index (Phi) is 6.12. The number of nitrogens with zero attached hydrogens (tertiary/aromatic N) is 2. The third-order valence-electron chi connectivity index (χ3n) is 1.31. The molecule has 0 aromatic heterocycles. The van der Waals surface area contributed by atoms with Gasteiger partial charge in [0, 0.05) is 13.1 Å². The number of hydrogen-bond acceptors (Lipinski definition) is 5. The van der Waals surface area contributed by atoms with Crippen LogP contribution in [0.4, 0.5) is 4.39 Å². The lowest BCUT2D eigenvalue weighted by molar-refractivity contribution is 0.532. The van der Waals surface area contributed by atoms with E-state index in [1.54, 1.807) is 13.1 Å². The zero-order chi connectivity index (χ0) is 10.6. The smallest absolute Gasteiger partial charge is 0.161 e. The van der Waals surface area contributed by atoms with Crippen LogP contribution < -0.4 is 10.0 Å². The monoisotopic (exact) mass is 247 g/mol. The fourth-order valence-electron chi connectivity index (χ4n) is 0.744. The van der Waals surface area contributed by atoms with Crippen molar-refractivity contribution in [1.82, 2.24) is 4.41 Å². The minimum absolute atomic E-state index is 0. The summed E-state index contributed by atoms with van der Waals surface area (Å²) >= 11 is 0.889. The normalized spacial score (nSPS) is 9.27. The quantitative estimate of drug-likeness (QED) is 0.380. The molecular weight excluding hydrogens is 237 g/mol. The van der Waals surface area contributed by atoms with Gasteiger partial charge < -0.3 is 4.18 Å². The summed E-state index contributed by atoms with van der Waals surface area (Å²) in [5.74, 6) is 5.09. The average Bonchev–Trinajstić information content (AvgIpc) is 2.16. The maximum atomic E-state index is 12.8. The standard InChI is InChI=1S/C8H8FN3OS.H2S/c1-12(11)14-13-7-2-3-8(9)6(4-7)5-10;/h2-4H,11H2,1H3;1H2. The molecule has 0 atom stereocenters. The van der Waals surface area contributed by atoms with Gasteiger partial charge in [0.15, 0.2) is 12.2 Å². The molecule has 0 saturated heterocycles. The van der Waals surface area contributed by atoms with E-state index in [9.17, 15) is 4.39 Å². The van der Waals surface area contributed by atoms with Gasteiger partial charge in [-0.05, 0) is 12.1 Å². The minimum atomic E-state index is -0.564. The van der Waals surface area contributed by atoms with Crippen molar-refractivity contribution in [2.75, 3.05) is 7.05 Å². The molecule has 0 bridgehead atoms. The van der Waals surface area contributed by atoms with Crippen molar-refractivity contribution in [3.63, 3.8) is 0 Å². The molecule has 0 amide bonds. The van der Waals surface area contributed by atoms with Crippen LogP contribution in [-0.2, 0) is 0 Å². The molecule has 0 aliphatic rings. The highest BCUT2D eigenvalue weighted by molar-refractivity contribution is 7.92. The first kappa shape index (κ1) is 14.1. The molecule has 0 radical (unpaired) electrons. The number of halogens is 1. The van der Waals surface area contributed by atoms with Crippen LogP contribution in [0.5, 0.6) is 5.75 Å². The van der Waals surface area contributed by atoms with Gasteiger partial charge in [0.05, 0.1) is 5.56 Å². The zero-order valence-electron chi connectivity index (χ0n) is 7.90. The largest absolute Gasteiger partial charge is 0.409 e. The van der Waals surface area contributed by atoms with Gasteiger partial charge in [-0.1, -0.05) is 0 Å². The van der Waals surface area contributed by atoms with Crippen molar-refractivity contribution >= 4 is 25.7 Å². The van der Waals surface area contributed by atoms with Crippen LogP contribution in [0.3, 0.4) is 0 Å². The number of rotatable bonds is 3. The first-order valence-electron chi connectivity index (χ1n) is 3.66. The van der Waals surface area contributed by atoms with Crippen LogP contribution in [0.25, 0.3) is 0 Å². The molecule has 7 heteroatoms. The predicted octanol–water partition coefficient (Wildman–Crippen LogP) is 1.56. The van der Waals surface area contributed by atoms with Gasteiger partial charge in [-0.3, -0.25) is 5.84 Å².